The van der Waals surface area contributed by atoms with Crippen LogP contribution in [0.5, 0.6) is 0 Å². The van der Waals surface area contributed by atoms with Crippen LogP contribution in [0.1, 0.15) is 31.9 Å². The lowest BCUT2D eigenvalue weighted by atomic mass is 10.0. The van der Waals surface area contributed by atoms with Crippen molar-refractivity contribution in [1.29, 1.82) is 0 Å². The van der Waals surface area contributed by atoms with Gasteiger partial charge in [0, 0.05) is 6.61 Å². The van der Waals surface area contributed by atoms with Gasteiger partial charge < -0.3 is 4.74 Å². The first kappa shape index (κ1) is 12.5. The van der Waals surface area contributed by atoms with E-state index < -0.39 is 6.10 Å². The summed E-state index contributed by atoms with van der Waals surface area (Å²) >= 11 is 0. The summed E-state index contributed by atoms with van der Waals surface area (Å²) in [5.41, 5.74) is 0.896. The van der Waals surface area contributed by atoms with E-state index in [0.29, 0.717) is 6.61 Å². The first-order valence-electron chi connectivity index (χ1n) is 5.38. The number of carbonyl (C=O) groups is 1. The van der Waals surface area contributed by atoms with Gasteiger partial charge in [0.25, 0.3) is 0 Å². The molecule has 1 aromatic rings. The van der Waals surface area contributed by atoms with Gasteiger partial charge in [0.1, 0.15) is 6.10 Å². The van der Waals surface area contributed by atoms with Gasteiger partial charge in [-0.25, -0.2) is 0 Å². The highest BCUT2D eigenvalue weighted by atomic mass is 16.5. The molecule has 0 aliphatic heterocycles. The minimum absolute atomic E-state index is 0.0161. The Bertz CT molecular complexity index is 384. The Morgan fingerprint density at radius 3 is 2.62 bits per heavy atom. The molecule has 0 heterocycles. The third-order valence-electron chi connectivity index (χ3n) is 2.17. The number of ether oxygens (including phenoxy) is 1. The van der Waals surface area contributed by atoms with Crippen LogP contribution in [0.4, 0.5) is 0 Å². The Labute approximate surface area is 96.6 Å². The van der Waals surface area contributed by atoms with Crippen molar-refractivity contribution in [3.05, 3.63) is 35.9 Å². The van der Waals surface area contributed by atoms with Crippen molar-refractivity contribution in [2.45, 2.75) is 26.4 Å². The van der Waals surface area contributed by atoms with Crippen molar-refractivity contribution in [2.75, 3.05) is 6.61 Å². The highest BCUT2D eigenvalue weighted by molar-refractivity contribution is 5.86. The average Bonchev–Trinajstić information content (AvgIpc) is 2.34. The number of rotatable bonds is 5. The van der Waals surface area contributed by atoms with Gasteiger partial charge in [0.05, 0.1) is 6.42 Å². The number of hydrogen-bond acceptors (Lipinski definition) is 2. The molecule has 0 N–H and O–H groups in total. The summed E-state index contributed by atoms with van der Waals surface area (Å²) in [5, 5.41) is 0. The molecule has 0 aromatic heterocycles. The summed E-state index contributed by atoms with van der Waals surface area (Å²) in [6, 6.07) is 9.53. The zero-order valence-electron chi connectivity index (χ0n) is 9.69. The SMILES string of the molecule is CC#CCC(=O)C(OCC)c1ccccc1. The van der Waals surface area contributed by atoms with Crippen LogP contribution in [-0.2, 0) is 9.53 Å². The Hall–Kier alpha value is -1.59. The van der Waals surface area contributed by atoms with Crippen LogP contribution in [0.3, 0.4) is 0 Å². The molecule has 0 saturated heterocycles. The van der Waals surface area contributed by atoms with Gasteiger partial charge in [0.15, 0.2) is 5.78 Å². The maximum atomic E-state index is 11.9. The Morgan fingerprint density at radius 2 is 2.06 bits per heavy atom. The summed E-state index contributed by atoms with van der Waals surface area (Å²) in [6.07, 6.45) is -0.233. The van der Waals surface area contributed by atoms with Crippen LogP contribution in [0.15, 0.2) is 30.3 Å². The normalized spacial score (nSPS) is 11.4. The second-order valence-electron chi connectivity index (χ2n) is 3.32. The predicted octanol–water partition coefficient (Wildman–Crippen LogP) is 2.75. The molecule has 0 saturated carbocycles. The highest BCUT2D eigenvalue weighted by Crippen LogP contribution is 2.19. The molecule has 0 bridgehead atoms. The van der Waals surface area contributed by atoms with E-state index in [9.17, 15) is 4.79 Å². The molecular weight excluding hydrogens is 200 g/mol. The Balaban J connectivity index is 2.81. The van der Waals surface area contributed by atoms with Crippen LogP contribution in [0, 0.1) is 11.8 Å². The Kier molecular flexibility index (Phi) is 5.31. The van der Waals surface area contributed by atoms with Gasteiger partial charge in [-0.1, -0.05) is 36.3 Å². The number of ketones is 1. The fourth-order valence-electron chi connectivity index (χ4n) is 1.44. The summed E-state index contributed by atoms with van der Waals surface area (Å²) in [4.78, 5) is 11.9. The molecule has 2 heteroatoms. The van der Waals surface area contributed by atoms with E-state index in [1.807, 2.05) is 37.3 Å². The van der Waals surface area contributed by atoms with Gasteiger partial charge in [-0.2, -0.15) is 0 Å². The minimum Gasteiger partial charge on any atom is -0.366 e. The van der Waals surface area contributed by atoms with Crippen molar-refractivity contribution in [3.8, 4) is 11.8 Å². The number of hydrogen-bond donors (Lipinski definition) is 0. The number of Topliss-reactive ketones (excluding diaryl/α,β-unsaturated/α-hetero) is 1. The topological polar surface area (TPSA) is 26.3 Å². The molecule has 0 amide bonds. The van der Waals surface area contributed by atoms with Crippen LogP contribution in [-0.4, -0.2) is 12.4 Å². The molecular formula is C14H16O2. The van der Waals surface area contributed by atoms with Crippen molar-refractivity contribution in [2.24, 2.45) is 0 Å². The summed E-state index contributed by atoms with van der Waals surface area (Å²) in [6.45, 7) is 4.13. The molecule has 0 radical (unpaired) electrons. The molecule has 1 aromatic carbocycles. The van der Waals surface area contributed by atoms with Crippen molar-refractivity contribution >= 4 is 5.78 Å². The van der Waals surface area contributed by atoms with Gasteiger partial charge in [-0.15, -0.1) is 5.92 Å². The molecule has 0 aliphatic carbocycles. The van der Waals surface area contributed by atoms with Crippen LogP contribution in [0.2, 0.25) is 0 Å². The molecule has 2 nitrogen and oxygen atoms in total. The minimum atomic E-state index is -0.480. The molecule has 1 unspecified atom stereocenters. The lowest BCUT2D eigenvalue weighted by Gasteiger charge is -2.14. The quantitative estimate of drug-likeness (QED) is 0.707. The van der Waals surface area contributed by atoms with Crippen molar-refractivity contribution < 1.29 is 9.53 Å². The van der Waals surface area contributed by atoms with E-state index in [2.05, 4.69) is 11.8 Å². The lowest BCUT2D eigenvalue weighted by Crippen LogP contribution is -2.15. The fraction of sp³-hybridized carbons (Fsp3) is 0.357. The van der Waals surface area contributed by atoms with E-state index in [-0.39, 0.29) is 12.2 Å². The van der Waals surface area contributed by atoms with Gasteiger partial charge in [0.2, 0.25) is 0 Å². The number of benzene rings is 1. The van der Waals surface area contributed by atoms with Crippen LogP contribution >= 0.6 is 0 Å². The summed E-state index contributed by atoms with van der Waals surface area (Å²) in [7, 11) is 0. The molecule has 0 fully saturated rings. The molecule has 16 heavy (non-hydrogen) atoms. The van der Waals surface area contributed by atoms with E-state index in [1.54, 1.807) is 6.92 Å². The van der Waals surface area contributed by atoms with E-state index >= 15 is 0 Å². The smallest absolute Gasteiger partial charge is 0.177 e. The zero-order valence-corrected chi connectivity index (χ0v) is 9.69. The van der Waals surface area contributed by atoms with Crippen molar-refractivity contribution in [3.63, 3.8) is 0 Å². The van der Waals surface area contributed by atoms with Crippen LogP contribution in [0.25, 0.3) is 0 Å². The first-order chi connectivity index (χ1) is 7.79. The largest absolute Gasteiger partial charge is 0.366 e. The maximum Gasteiger partial charge on any atom is 0.177 e. The van der Waals surface area contributed by atoms with Crippen LogP contribution < -0.4 is 0 Å². The molecule has 84 valence electrons. The third kappa shape index (κ3) is 3.52. The van der Waals surface area contributed by atoms with Gasteiger partial charge >= 0.3 is 0 Å². The van der Waals surface area contributed by atoms with Gasteiger partial charge in [-0.05, 0) is 19.4 Å². The average molecular weight is 216 g/mol. The second kappa shape index (κ2) is 6.81. The summed E-state index contributed by atoms with van der Waals surface area (Å²) < 4.78 is 5.47. The van der Waals surface area contributed by atoms with Gasteiger partial charge in [-0.3, -0.25) is 4.79 Å². The van der Waals surface area contributed by atoms with E-state index in [0.717, 1.165) is 5.56 Å². The lowest BCUT2D eigenvalue weighted by molar-refractivity contribution is -0.129. The Morgan fingerprint density at radius 1 is 1.38 bits per heavy atom. The zero-order chi connectivity index (χ0) is 11.8. The fourth-order valence-corrected chi connectivity index (χ4v) is 1.44. The second-order valence-corrected chi connectivity index (χ2v) is 3.32. The summed E-state index contributed by atoms with van der Waals surface area (Å²) in [5.74, 6) is 5.51. The molecule has 0 aliphatic rings. The molecule has 0 spiro atoms. The first-order valence-corrected chi connectivity index (χ1v) is 5.38. The standard InChI is InChI=1S/C14H16O2/c1-3-5-11-13(15)14(16-4-2)12-9-7-6-8-10-12/h6-10,14H,4,11H2,1-2H3. The van der Waals surface area contributed by atoms with E-state index in [4.69, 9.17) is 4.74 Å². The molecule has 1 atom stereocenters. The van der Waals surface area contributed by atoms with E-state index in [1.165, 1.54) is 0 Å². The monoisotopic (exact) mass is 216 g/mol. The highest BCUT2D eigenvalue weighted by Gasteiger charge is 2.19. The maximum absolute atomic E-state index is 11.9. The molecule has 1 rings (SSSR count). The predicted molar refractivity (Wildman–Crippen MR) is 63.9 cm³/mol. The third-order valence-corrected chi connectivity index (χ3v) is 2.17. The number of carbonyl (C=O) groups excluding carboxylic acids is 1. The van der Waals surface area contributed by atoms with Crippen molar-refractivity contribution in [1.82, 2.24) is 0 Å².